The number of nitrogens with one attached hydrogen (secondary N) is 1. The molecule has 6 nitrogen and oxygen atoms in total. The van der Waals surface area contributed by atoms with Gasteiger partial charge in [0.2, 0.25) is 5.95 Å². The third kappa shape index (κ3) is 5.14. The molecule has 0 fully saturated rings. The van der Waals surface area contributed by atoms with Crippen molar-refractivity contribution in [1.29, 1.82) is 0 Å². The summed E-state index contributed by atoms with van der Waals surface area (Å²) in [6.07, 6.45) is -0.725. The minimum atomic E-state index is -4.47. The van der Waals surface area contributed by atoms with Crippen molar-refractivity contribution in [2.75, 3.05) is 7.11 Å². The number of pyridine rings is 2. The van der Waals surface area contributed by atoms with Crippen LogP contribution in [0.4, 0.5) is 17.6 Å². The zero-order valence-electron chi connectivity index (χ0n) is 17.0. The lowest BCUT2D eigenvalue weighted by Crippen LogP contribution is -2.08. The molecule has 0 saturated heterocycles. The lowest BCUT2D eigenvalue weighted by Gasteiger charge is -2.12. The summed E-state index contributed by atoms with van der Waals surface area (Å²) < 4.78 is 62.8. The summed E-state index contributed by atoms with van der Waals surface area (Å²) in [6.45, 7) is -0.0486. The Balaban J connectivity index is 1.51. The number of alkyl halides is 3. The second-order valence-electron chi connectivity index (χ2n) is 6.82. The summed E-state index contributed by atoms with van der Waals surface area (Å²) in [5, 5.41) is 0. The van der Waals surface area contributed by atoms with Crippen LogP contribution in [0.1, 0.15) is 11.3 Å². The molecule has 0 spiro atoms. The molecule has 0 radical (unpaired) electrons. The molecule has 4 aromatic rings. The average molecular weight is 523 g/mol. The Bertz CT molecular complexity index is 1280. The molecule has 0 atom stereocenters. The number of imidazole rings is 1. The fourth-order valence-corrected chi connectivity index (χ4v) is 3.45. The van der Waals surface area contributed by atoms with E-state index in [1.165, 1.54) is 19.4 Å². The molecule has 1 aromatic carbocycles. The minimum absolute atomic E-state index is 0.0486. The number of aromatic nitrogens is 4. The van der Waals surface area contributed by atoms with Gasteiger partial charge in [0.05, 0.1) is 30.3 Å². The van der Waals surface area contributed by atoms with Crippen LogP contribution < -0.4 is 9.47 Å². The van der Waals surface area contributed by atoms with Gasteiger partial charge in [-0.15, -0.1) is 0 Å². The maximum atomic E-state index is 13.0. The SMILES string of the molecule is COc1cc(OCc2ncc(C(F)(F)F)cc2Br)ccc1-c1cnc(-c2ccc(F)nc2)[nH]1. The van der Waals surface area contributed by atoms with E-state index in [-0.39, 0.29) is 11.1 Å². The highest BCUT2D eigenvalue weighted by Crippen LogP contribution is 2.34. The first-order chi connectivity index (χ1) is 15.7. The van der Waals surface area contributed by atoms with E-state index in [1.54, 1.807) is 30.5 Å². The summed E-state index contributed by atoms with van der Waals surface area (Å²) in [5.41, 5.74) is 1.45. The summed E-state index contributed by atoms with van der Waals surface area (Å²) in [5.74, 6) is 0.852. The summed E-state index contributed by atoms with van der Waals surface area (Å²) >= 11 is 3.11. The van der Waals surface area contributed by atoms with Crippen LogP contribution in [-0.4, -0.2) is 27.0 Å². The van der Waals surface area contributed by atoms with Crippen LogP contribution in [0, 0.1) is 5.95 Å². The van der Waals surface area contributed by atoms with Crippen molar-refractivity contribution in [3.8, 4) is 34.1 Å². The van der Waals surface area contributed by atoms with Crippen LogP contribution in [0.3, 0.4) is 0 Å². The smallest absolute Gasteiger partial charge is 0.417 e. The second-order valence-corrected chi connectivity index (χ2v) is 7.67. The normalized spacial score (nSPS) is 11.5. The second kappa shape index (κ2) is 9.18. The molecule has 3 aromatic heterocycles. The first-order valence-electron chi connectivity index (χ1n) is 9.44. The van der Waals surface area contributed by atoms with Gasteiger partial charge < -0.3 is 14.5 Å². The minimum Gasteiger partial charge on any atom is -0.496 e. The number of H-pyrrole nitrogens is 1. The number of hydrogen-bond donors (Lipinski definition) is 1. The van der Waals surface area contributed by atoms with Crippen molar-refractivity contribution in [1.82, 2.24) is 19.9 Å². The van der Waals surface area contributed by atoms with Gasteiger partial charge in [0.25, 0.3) is 0 Å². The first kappa shape index (κ1) is 22.7. The van der Waals surface area contributed by atoms with Crippen LogP contribution >= 0.6 is 15.9 Å². The summed E-state index contributed by atoms with van der Waals surface area (Å²) in [6, 6.07) is 8.86. The zero-order chi connectivity index (χ0) is 23.6. The first-order valence-corrected chi connectivity index (χ1v) is 10.2. The topological polar surface area (TPSA) is 72.9 Å². The quantitative estimate of drug-likeness (QED) is 0.247. The molecule has 0 unspecified atom stereocenters. The van der Waals surface area contributed by atoms with Crippen molar-refractivity contribution in [3.63, 3.8) is 0 Å². The number of rotatable bonds is 6. The number of halogens is 5. The van der Waals surface area contributed by atoms with Crippen LogP contribution in [0.5, 0.6) is 11.5 Å². The number of hydrogen-bond acceptors (Lipinski definition) is 5. The van der Waals surface area contributed by atoms with Crippen molar-refractivity contribution < 1.29 is 27.0 Å². The molecule has 0 bridgehead atoms. The maximum absolute atomic E-state index is 13.0. The predicted octanol–water partition coefficient (Wildman–Crippen LogP) is 6.04. The highest BCUT2D eigenvalue weighted by atomic mass is 79.9. The Hall–Kier alpha value is -3.47. The van der Waals surface area contributed by atoms with Crippen LogP contribution in [0.2, 0.25) is 0 Å². The van der Waals surface area contributed by atoms with Crippen LogP contribution in [0.15, 0.2) is 59.5 Å². The van der Waals surface area contributed by atoms with E-state index in [1.807, 2.05) is 0 Å². The zero-order valence-corrected chi connectivity index (χ0v) is 18.5. The molecule has 0 aliphatic heterocycles. The van der Waals surface area contributed by atoms with Crippen LogP contribution in [-0.2, 0) is 12.8 Å². The maximum Gasteiger partial charge on any atom is 0.417 e. The van der Waals surface area contributed by atoms with Crippen LogP contribution in [0.25, 0.3) is 22.6 Å². The third-order valence-electron chi connectivity index (χ3n) is 4.66. The lowest BCUT2D eigenvalue weighted by atomic mass is 10.1. The standard InChI is InChI=1S/C22H15BrF4N4O2/c1-32-19-7-14(33-11-18-16(23)6-13(9-28-18)22(25,26)27)3-4-15(19)17-10-30-21(31-17)12-2-5-20(24)29-8-12/h2-10H,11H2,1H3,(H,30,31). The highest BCUT2D eigenvalue weighted by Gasteiger charge is 2.31. The van der Waals surface area contributed by atoms with Gasteiger partial charge in [0.1, 0.15) is 23.9 Å². The fourth-order valence-electron chi connectivity index (χ4n) is 2.98. The molecular formula is C22H15BrF4N4O2. The van der Waals surface area contributed by atoms with E-state index in [4.69, 9.17) is 9.47 Å². The van der Waals surface area contributed by atoms with Gasteiger partial charge in [-0.3, -0.25) is 4.98 Å². The molecule has 1 N–H and O–H groups in total. The van der Waals surface area contributed by atoms with Gasteiger partial charge in [0.15, 0.2) is 0 Å². The third-order valence-corrected chi connectivity index (χ3v) is 5.35. The lowest BCUT2D eigenvalue weighted by molar-refractivity contribution is -0.137. The number of ether oxygens (including phenoxy) is 2. The van der Waals surface area contributed by atoms with E-state index < -0.39 is 17.7 Å². The highest BCUT2D eigenvalue weighted by molar-refractivity contribution is 9.10. The predicted molar refractivity (Wildman–Crippen MR) is 115 cm³/mol. The van der Waals surface area contributed by atoms with E-state index >= 15 is 0 Å². The molecule has 0 saturated carbocycles. The molecule has 4 rings (SSSR count). The van der Waals surface area contributed by atoms with Crippen molar-refractivity contribution in [3.05, 3.63) is 76.7 Å². The molecule has 0 amide bonds. The molecule has 0 aliphatic rings. The number of aromatic amines is 1. The Morgan fingerprint density at radius 3 is 2.48 bits per heavy atom. The van der Waals surface area contributed by atoms with Gasteiger partial charge in [-0.2, -0.15) is 17.6 Å². The number of methoxy groups -OCH3 is 1. The Morgan fingerprint density at radius 2 is 1.82 bits per heavy atom. The molecule has 33 heavy (non-hydrogen) atoms. The molecule has 11 heteroatoms. The Kier molecular flexibility index (Phi) is 6.32. The van der Waals surface area contributed by atoms with Crippen molar-refractivity contribution in [2.45, 2.75) is 12.8 Å². The molecular weight excluding hydrogens is 508 g/mol. The summed E-state index contributed by atoms with van der Waals surface area (Å²) in [4.78, 5) is 14.9. The molecule has 3 heterocycles. The van der Waals surface area contributed by atoms with Crippen molar-refractivity contribution in [2.24, 2.45) is 0 Å². The molecule has 0 aliphatic carbocycles. The van der Waals surface area contributed by atoms with Gasteiger partial charge >= 0.3 is 6.18 Å². The van der Waals surface area contributed by atoms with E-state index in [0.29, 0.717) is 39.8 Å². The Labute approximate surface area is 193 Å². The van der Waals surface area contributed by atoms with E-state index in [9.17, 15) is 17.6 Å². The Morgan fingerprint density at radius 1 is 1.00 bits per heavy atom. The van der Waals surface area contributed by atoms with Gasteiger partial charge in [-0.25, -0.2) is 9.97 Å². The average Bonchev–Trinajstić information content (AvgIpc) is 3.28. The van der Waals surface area contributed by atoms with Gasteiger partial charge in [-0.1, -0.05) is 0 Å². The fraction of sp³-hybridized carbons (Fsp3) is 0.136. The van der Waals surface area contributed by atoms with Gasteiger partial charge in [0, 0.05) is 34.1 Å². The van der Waals surface area contributed by atoms with Crippen molar-refractivity contribution >= 4 is 15.9 Å². The monoisotopic (exact) mass is 522 g/mol. The molecule has 170 valence electrons. The van der Waals surface area contributed by atoms with Gasteiger partial charge in [-0.05, 0) is 46.3 Å². The van der Waals surface area contributed by atoms with E-state index in [2.05, 4.69) is 35.9 Å². The number of nitrogens with zero attached hydrogens (tertiary/aromatic N) is 3. The van der Waals surface area contributed by atoms with E-state index in [0.717, 1.165) is 12.3 Å². The number of benzene rings is 1. The summed E-state index contributed by atoms with van der Waals surface area (Å²) in [7, 11) is 1.50. The largest absolute Gasteiger partial charge is 0.496 e.